The molecule has 0 unspecified atom stereocenters. The van der Waals surface area contributed by atoms with E-state index in [4.69, 9.17) is 0 Å². The molecule has 0 spiro atoms. The maximum absolute atomic E-state index is 12.9. The third kappa shape index (κ3) is 3.88. The van der Waals surface area contributed by atoms with Gasteiger partial charge in [0.2, 0.25) is 5.91 Å². The maximum atomic E-state index is 12.9. The molecule has 5 heteroatoms. The minimum absolute atomic E-state index is 0.0942. The summed E-state index contributed by atoms with van der Waals surface area (Å²) in [5, 5.41) is 0. The van der Waals surface area contributed by atoms with Crippen molar-refractivity contribution in [1.82, 2.24) is 4.90 Å². The molecule has 1 fully saturated rings. The standard InChI is InChI=1S/C22H24N2O2S/c25-21(24-15-12-17-8-2-4-10-19(17)24)16-27-20-11-5-3-9-18(20)22(26)23-13-6-1-7-14-23/h2-5,8-11H,1,6-7,12-16H2. The van der Waals surface area contributed by atoms with E-state index in [-0.39, 0.29) is 11.8 Å². The number of hydrogen-bond donors (Lipinski definition) is 0. The quantitative estimate of drug-likeness (QED) is 0.753. The lowest BCUT2D eigenvalue weighted by molar-refractivity contribution is -0.116. The second-order valence-electron chi connectivity index (χ2n) is 7.06. The number of piperidine rings is 1. The Morgan fingerprint density at radius 2 is 1.63 bits per heavy atom. The first-order chi connectivity index (χ1) is 13.2. The average molecular weight is 381 g/mol. The molecule has 2 aliphatic rings. The van der Waals surface area contributed by atoms with Crippen LogP contribution in [0.5, 0.6) is 0 Å². The van der Waals surface area contributed by atoms with Crippen molar-refractivity contribution in [3.63, 3.8) is 0 Å². The first-order valence-corrected chi connectivity index (χ1v) is 10.6. The molecule has 0 atom stereocenters. The van der Waals surface area contributed by atoms with Gasteiger partial charge < -0.3 is 9.80 Å². The fourth-order valence-corrected chi connectivity index (χ4v) is 4.77. The third-order valence-electron chi connectivity index (χ3n) is 5.30. The molecule has 2 aromatic rings. The molecule has 0 N–H and O–H groups in total. The zero-order valence-electron chi connectivity index (χ0n) is 15.4. The number of thioether (sulfide) groups is 1. The summed E-state index contributed by atoms with van der Waals surface area (Å²) in [4.78, 5) is 30.4. The van der Waals surface area contributed by atoms with Crippen molar-refractivity contribution in [2.45, 2.75) is 30.6 Å². The molecule has 4 rings (SSSR count). The van der Waals surface area contributed by atoms with Crippen LogP contribution in [0.15, 0.2) is 53.4 Å². The number of hydrogen-bond acceptors (Lipinski definition) is 3. The van der Waals surface area contributed by atoms with Crippen LogP contribution in [0.1, 0.15) is 35.2 Å². The number of nitrogens with zero attached hydrogens (tertiary/aromatic N) is 2. The van der Waals surface area contributed by atoms with Gasteiger partial charge in [-0.2, -0.15) is 0 Å². The zero-order valence-corrected chi connectivity index (χ0v) is 16.2. The second-order valence-corrected chi connectivity index (χ2v) is 8.08. The molecule has 0 bridgehead atoms. The van der Waals surface area contributed by atoms with Crippen molar-refractivity contribution < 1.29 is 9.59 Å². The maximum Gasteiger partial charge on any atom is 0.254 e. The first-order valence-electron chi connectivity index (χ1n) is 9.63. The Labute approximate surface area is 164 Å². The molecular formula is C22H24N2O2S. The number of carbonyl (C=O) groups is 2. The summed E-state index contributed by atoms with van der Waals surface area (Å²) in [6.45, 7) is 2.41. The number of amides is 2. The molecule has 0 aliphatic carbocycles. The average Bonchev–Trinajstić information content (AvgIpc) is 3.17. The van der Waals surface area contributed by atoms with Crippen LogP contribution < -0.4 is 4.90 Å². The van der Waals surface area contributed by atoms with E-state index in [1.54, 1.807) is 0 Å². The van der Waals surface area contributed by atoms with Crippen LogP contribution in [0.2, 0.25) is 0 Å². The fourth-order valence-electron chi connectivity index (χ4n) is 3.85. The SMILES string of the molecule is O=C(c1ccccc1SCC(=O)N1CCc2ccccc21)N1CCCCC1. The number of rotatable bonds is 4. The van der Waals surface area contributed by atoms with Crippen LogP contribution in [-0.4, -0.2) is 42.1 Å². The number of carbonyl (C=O) groups excluding carboxylic acids is 2. The van der Waals surface area contributed by atoms with E-state index in [0.29, 0.717) is 5.75 Å². The van der Waals surface area contributed by atoms with E-state index < -0.39 is 0 Å². The highest BCUT2D eigenvalue weighted by molar-refractivity contribution is 8.00. The molecule has 2 aromatic carbocycles. The summed E-state index contributed by atoms with van der Waals surface area (Å²) in [6, 6.07) is 15.8. The number of likely N-dealkylation sites (tertiary alicyclic amines) is 1. The van der Waals surface area contributed by atoms with Gasteiger partial charge in [-0.15, -0.1) is 11.8 Å². The summed E-state index contributed by atoms with van der Waals surface area (Å²) < 4.78 is 0. The van der Waals surface area contributed by atoms with Gasteiger partial charge in [0.25, 0.3) is 5.91 Å². The molecule has 0 radical (unpaired) electrons. The van der Waals surface area contributed by atoms with Gasteiger partial charge in [-0.25, -0.2) is 0 Å². The Hall–Kier alpha value is -2.27. The first kappa shape index (κ1) is 18.1. The highest BCUT2D eigenvalue weighted by atomic mass is 32.2. The summed E-state index contributed by atoms with van der Waals surface area (Å²) >= 11 is 1.47. The topological polar surface area (TPSA) is 40.6 Å². The summed E-state index contributed by atoms with van der Waals surface area (Å²) in [7, 11) is 0. The molecular weight excluding hydrogens is 356 g/mol. The Kier molecular flexibility index (Phi) is 5.48. The molecule has 0 saturated carbocycles. The number of benzene rings is 2. The number of fused-ring (bicyclic) bond motifs is 1. The monoisotopic (exact) mass is 380 g/mol. The molecule has 140 valence electrons. The van der Waals surface area contributed by atoms with Crippen molar-refractivity contribution in [1.29, 1.82) is 0 Å². The van der Waals surface area contributed by atoms with Crippen LogP contribution >= 0.6 is 11.8 Å². The fraction of sp³-hybridized carbons (Fsp3) is 0.364. The smallest absolute Gasteiger partial charge is 0.254 e. The summed E-state index contributed by atoms with van der Waals surface area (Å²) in [6.07, 6.45) is 4.27. The molecule has 0 aromatic heterocycles. The van der Waals surface area contributed by atoms with Gasteiger partial charge in [0.05, 0.1) is 11.3 Å². The Morgan fingerprint density at radius 1 is 0.889 bits per heavy atom. The van der Waals surface area contributed by atoms with Crippen LogP contribution in [0.4, 0.5) is 5.69 Å². The third-order valence-corrected chi connectivity index (χ3v) is 6.36. The van der Waals surface area contributed by atoms with Crippen LogP contribution in [0.25, 0.3) is 0 Å². The van der Waals surface area contributed by atoms with E-state index >= 15 is 0 Å². The van der Waals surface area contributed by atoms with Gasteiger partial charge in [0.15, 0.2) is 0 Å². The highest BCUT2D eigenvalue weighted by Crippen LogP contribution is 2.30. The van der Waals surface area contributed by atoms with Crippen molar-refractivity contribution in [3.8, 4) is 0 Å². The number of para-hydroxylation sites is 1. The van der Waals surface area contributed by atoms with Crippen molar-refractivity contribution in [2.75, 3.05) is 30.3 Å². The molecule has 4 nitrogen and oxygen atoms in total. The second kappa shape index (κ2) is 8.17. The Bertz CT molecular complexity index is 846. The molecule has 27 heavy (non-hydrogen) atoms. The summed E-state index contributed by atoms with van der Waals surface area (Å²) in [5.74, 6) is 0.542. The lowest BCUT2D eigenvalue weighted by atomic mass is 10.1. The van der Waals surface area contributed by atoms with Gasteiger partial charge in [-0.05, 0) is 49.4 Å². The van der Waals surface area contributed by atoms with Crippen molar-refractivity contribution in [3.05, 3.63) is 59.7 Å². The molecule has 2 aliphatic heterocycles. The lowest BCUT2D eigenvalue weighted by Crippen LogP contribution is -2.36. The lowest BCUT2D eigenvalue weighted by Gasteiger charge is -2.27. The summed E-state index contributed by atoms with van der Waals surface area (Å²) in [5.41, 5.74) is 2.98. The van der Waals surface area contributed by atoms with E-state index in [2.05, 4.69) is 6.07 Å². The van der Waals surface area contributed by atoms with Crippen LogP contribution in [0.3, 0.4) is 0 Å². The molecule has 2 amide bonds. The minimum atomic E-state index is 0.0942. The zero-order chi connectivity index (χ0) is 18.6. The predicted octanol–water partition coefficient (Wildman–Crippen LogP) is 3.99. The van der Waals surface area contributed by atoms with Gasteiger partial charge in [-0.3, -0.25) is 9.59 Å². The van der Waals surface area contributed by atoms with E-state index in [9.17, 15) is 9.59 Å². The van der Waals surface area contributed by atoms with E-state index in [1.807, 2.05) is 52.3 Å². The van der Waals surface area contributed by atoms with Crippen molar-refractivity contribution in [2.24, 2.45) is 0 Å². The van der Waals surface area contributed by atoms with Crippen molar-refractivity contribution >= 4 is 29.3 Å². The van der Waals surface area contributed by atoms with Gasteiger partial charge in [0, 0.05) is 30.2 Å². The normalized spacial score (nSPS) is 16.3. The van der Waals surface area contributed by atoms with Crippen LogP contribution in [-0.2, 0) is 11.2 Å². The van der Waals surface area contributed by atoms with Gasteiger partial charge in [0.1, 0.15) is 0 Å². The largest absolute Gasteiger partial charge is 0.339 e. The highest BCUT2D eigenvalue weighted by Gasteiger charge is 2.25. The molecule has 2 heterocycles. The van der Waals surface area contributed by atoms with E-state index in [0.717, 1.165) is 55.0 Å². The van der Waals surface area contributed by atoms with Gasteiger partial charge in [-0.1, -0.05) is 30.3 Å². The Balaban J connectivity index is 1.44. The number of anilines is 1. The Morgan fingerprint density at radius 3 is 2.48 bits per heavy atom. The minimum Gasteiger partial charge on any atom is -0.339 e. The predicted molar refractivity (Wildman–Crippen MR) is 109 cm³/mol. The molecule has 1 saturated heterocycles. The van der Waals surface area contributed by atoms with E-state index in [1.165, 1.54) is 23.7 Å². The van der Waals surface area contributed by atoms with Gasteiger partial charge >= 0.3 is 0 Å². The van der Waals surface area contributed by atoms with Crippen LogP contribution in [0, 0.1) is 0 Å².